The van der Waals surface area contributed by atoms with Crippen LogP contribution in [0.1, 0.15) is 37.7 Å². The molecule has 1 heteroatoms. The van der Waals surface area contributed by atoms with Crippen molar-refractivity contribution in [2.24, 2.45) is 5.92 Å². The molecular weight excluding hydrogens is 206 g/mol. The summed E-state index contributed by atoms with van der Waals surface area (Å²) in [5.41, 5.74) is 2.51. The van der Waals surface area contributed by atoms with Crippen LogP contribution in [0, 0.1) is 5.92 Å². The van der Waals surface area contributed by atoms with E-state index in [2.05, 4.69) is 42.8 Å². The number of anilines is 1. The maximum atomic E-state index is 3.79. The van der Waals surface area contributed by atoms with E-state index in [9.17, 15) is 0 Å². The van der Waals surface area contributed by atoms with Gasteiger partial charge in [-0.3, -0.25) is 0 Å². The summed E-state index contributed by atoms with van der Waals surface area (Å²) in [5.74, 6) is 0.896. The van der Waals surface area contributed by atoms with Gasteiger partial charge in [-0.05, 0) is 36.5 Å². The Balaban J connectivity index is 1.93. The van der Waals surface area contributed by atoms with Crippen LogP contribution in [0.15, 0.2) is 30.8 Å². The topological polar surface area (TPSA) is 3.24 Å². The van der Waals surface area contributed by atoms with E-state index in [4.69, 9.17) is 0 Å². The van der Waals surface area contributed by atoms with Gasteiger partial charge >= 0.3 is 0 Å². The average Bonchev–Trinajstić information content (AvgIpc) is 2.40. The standard InChI is InChI=1S/C16H23N/c1-3-14-9-11-16(12-10-14)17(2)13-15-7-5-4-6-8-15/h3,9-12,15H,1,4-8,13H2,2H3. The monoisotopic (exact) mass is 229 g/mol. The minimum Gasteiger partial charge on any atom is -0.374 e. The third kappa shape index (κ3) is 3.36. The Morgan fingerprint density at radius 2 is 1.82 bits per heavy atom. The molecule has 0 heterocycles. The molecule has 17 heavy (non-hydrogen) atoms. The molecule has 0 N–H and O–H groups in total. The Morgan fingerprint density at radius 1 is 1.18 bits per heavy atom. The fraction of sp³-hybridized carbons (Fsp3) is 0.500. The molecule has 1 saturated carbocycles. The van der Waals surface area contributed by atoms with E-state index in [1.54, 1.807) is 0 Å². The molecule has 92 valence electrons. The molecule has 0 atom stereocenters. The van der Waals surface area contributed by atoms with Crippen molar-refractivity contribution < 1.29 is 0 Å². The molecule has 1 aromatic carbocycles. The highest BCUT2D eigenvalue weighted by atomic mass is 15.1. The molecule has 0 radical (unpaired) electrons. The van der Waals surface area contributed by atoms with Crippen LogP contribution in [0.4, 0.5) is 5.69 Å². The smallest absolute Gasteiger partial charge is 0.0364 e. The van der Waals surface area contributed by atoms with Crippen LogP contribution in [0.5, 0.6) is 0 Å². The first-order valence-corrected chi connectivity index (χ1v) is 6.73. The van der Waals surface area contributed by atoms with E-state index >= 15 is 0 Å². The number of rotatable bonds is 4. The molecule has 1 aromatic rings. The summed E-state index contributed by atoms with van der Waals surface area (Å²) >= 11 is 0. The van der Waals surface area contributed by atoms with Crippen molar-refractivity contribution in [1.29, 1.82) is 0 Å². The summed E-state index contributed by atoms with van der Waals surface area (Å²) in [4.78, 5) is 2.39. The predicted octanol–water partition coefficient (Wildman–Crippen LogP) is 4.35. The van der Waals surface area contributed by atoms with Crippen LogP contribution >= 0.6 is 0 Å². The molecule has 2 rings (SSSR count). The first-order valence-electron chi connectivity index (χ1n) is 6.73. The Kier molecular flexibility index (Phi) is 4.24. The van der Waals surface area contributed by atoms with E-state index in [0.29, 0.717) is 0 Å². The van der Waals surface area contributed by atoms with Crippen molar-refractivity contribution in [2.45, 2.75) is 32.1 Å². The summed E-state index contributed by atoms with van der Waals surface area (Å²) in [7, 11) is 2.21. The maximum absolute atomic E-state index is 3.79. The van der Waals surface area contributed by atoms with Crippen LogP contribution in [0.25, 0.3) is 6.08 Å². The predicted molar refractivity (Wildman–Crippen MR) is 76.4 cm³/mol. The zero-order valence-corrected chi connectivity index (χ0v) is 10.9. The fourth-order valence-electron chi connectivity index (χ4n) is 2.73. The van der Waals surface area contributed by atoms with Gasteiger partial charge in [-0.15, -0.1) is 0 Å². The van der Waals surface area contributed by atoms with Gasteiger partial charge < -0.3 is 4.90 Å². The largest absolute Gasteiger partial charge is 0.374 e. The molecule has 0 aromatic heterocycles. The minimum atomic E-state index is 0.896. The molecule has 0 amide bonds. The van der Waals surface area contributed by atoms with Gasteiger partial charge in [-0.1, -0.05) is 44.1 Å². The lowest BCUT2D eigenvalue weighted by molar-refractivity contribution is 0.362. The van der Waals surface area contributed by atoms with Crippen molar-refractivity contribution >= 4 is 11.8 Å². The van der Waals surface area contributed by atoms with Crippen molar-refractivity contribution in [2.75, 3.05) is 18.5 Å². The normalized spacial score (nSPS) is 16.8. The number of benzene rings is 1. The molecule has 0 spiro atoms. The minimum absolute atomic E-state index is 0.896. The lowest BCUT2D eigenvalue weighted by atomic mass is 9.89. The summed E-state index contributed by atoms with van der Waals surface area (Å²) in [6.45, 7) is 4.99. The van der Waals surface area contributed by atoms with Crippen LogP contribution in [-0.2, 0) is 0 Å². The highest BCUT2D eigenvalue weighted by molar-refractivity contribution is 5.54. The molecule has 0 unspecified atom stereocenters. The molecule has 1 aliphatic carbocycles. The van der Waals surface area contributed by atoms with Gasteiger partial charge in [0.05, 0.1) is 0 Å². The SMILES string of the molecule is C=Cc1ccc(N(C)CC2CCCCC2)cc1. The van der Waals surface area contributed by atoms with Gasteiger partial charge in [0, 0.05) is 19.3 Å². The Labute approximate surface area is 105 Å². The van der Waals surface area contributed by atoms with E-state index < -0.39 is 0 Å². The summed E-state index contributed by atoms with van der Waals surface area (Å²) in [6.07, 6.45) is 9.01. The van der Waals surface area contributed by atoms with Gasteiger partial charge in [-0.25, -0.2) is 0 Å². The van der Waals surface area contributed by atoms with Gasteiger partial charge in [-0.2, -0.15) is 0 Å². The number of hydrogen-bond donors (Lipinski definition) is 0. The Bertz CT molecular complexity index is 346. The quantitative estimate of drug-likeness (QED) is 0.742. The van der Waals surface area contributed by atoms with Crippen molar-refractivity contribution in [1.82, 2.24) is 0 Å². The van der Waals surface area contributed by atoms with Crippen molar-refractivity contribution in [3.63, 3.8) is 0 Å². The third-order valence-corrected chi connectivity index (χ3v) is 3.83. The lowest BCUT2D eigenvalue weighted by Crippen LogP contribution is -2.26. The molecule has 1 nitrogen and oxygen atoms in total. The first-order chi connectivity index (χ1) is 8.29. The first kappa shape index (κ1) is 12.2. The van der Waals surface area contributed by atoms with E-state index in [-0.39, 0.29) is 0 Å². The summed E-state index contributed by atoms with van der Waals surface area (Å²) in [5, 5.41) is 0. The Morgan fingerprint density at radius 3 is 2.41 bits per heavy atom. The van der Waals surface area contributed by atoms with Crippen LogP contribution in [0.3, 0.4) is 0 Å². The van der Waals surface area contributed by atoms with Crippen LogP contribution in [0.2, 0.25) is 0 Å². The van der Waals surface area contributed by atoms with Gasteiger partial charge in [0.2, 0.25) is 0 Å². The second-order valence-electron chi connectivity index (χ2n) is 5.18. The van der Waals surface area contributed by atoms with Gasteiger partial charge in [0.15, 0.2) is 0 Å². The van der Waals surface area contributed by atoms with Crippen molar-refractivity contribution in [3.8, 4) is 0 Å². The van der Waals surface area contributed by atoms with E-state index in [1.165, 1.54) is 49.9 Å². The maximum Gasteiger partial charge on any atom is 0.0364 e. The Hall–Kier alpha value is -1.24. The van der Waals surface area contributed by atoms with Crippen molar-refractivity contribution in [3.05, 3.63) is 36.4 Å². The summed E-state index contributed by atoms with van der Waals surface area (Å²) in [6, 6.07) is 8.67. The molecule has 1 aliphatic rings. The molecular formula is C16H23N. The highest BCUT2D eigenvalue weighted by Gasteiger charge is 2.15. The fourth-order valence-corrected chi connectivity index (χ4v) is 2.73. The number of hydrogen-bond acceptors (Lipinski definition) is 1. The second kappa shape index (κ2) is 5.90. The average molecular weight is 229 g/mol. The second-order valence-corrected chi connectivity index (χ2v) is 5.18. The molecule has 1 fully saturated rings. The number of nitrogens with zero attached hydrogens (tertiary/aromatic N) is 1. The zero-order chi connectivity index (χ0) is 12.1. The molecule has 0 aliphatic heterocycles. The molecule has 0 bridgehead atoms. The summed E-state index contributed by atoms with van der Waals surface area (Å²) < 4.78 is 0. The van der Waals surface area contributed by atoms with Gasteiger partial charge in [0.25, 0.3) is 0 Å². The lowest BCUT2D eigenvalue weighted by Gasteiger charge is -2.28. The highest BCUT2D eigenvalue weighted by Crippen LogP contribution is 2.25. The van der Waals surface area contributed by atoms with Crippen LogP contribution < -0.4 is 4.90 Å². The van der Waals surface area contributed by atoms with E-state index in [1.807, 2.05) is 6.08 Å². The zero-order valence-electron chi connectivity index (χ0n) is 10.9. The third-order valence-electron chi connectivity index (χ3n) is 3.83. The molecule has 0 saturated heterocycles. The van der Waals surface area contributed by atoms with Gasteiger partial charge in [0.1, 0.15) is 0 Å². The van der Waals surface area contributed by atoms with E-state index in [0.717, 1.165) is 5.92 Å². The van der Waals surface area contributed by atoms with Crippen LogP contribution in [-0.4, -0.2) is 13.6 Å².